The summed E-state index contributed by atoms with van der Waals surface area (Å²) in [5.74, 6) is 2.37. The third-order valence-corrected chi connectivity index (χ3v) is 3.98. The highest BCUT2D eigenvalue weighted by molar-refractivity contribution is 5.38. The highest BCUT2D eigenvalue weighted by Gasteiger charge is 2.22. The molecule has 3 heterocycles. The van der Waals surface area contributed by atoms with E-state index in [-0.39, 0.29) is 12.2 Å². The van der Waals surface area contributed by atoms with Crippen molar-refractivity contribution >= 4 is 5.82 Å². The molecule has 6 heteroatoms. The number of aryl methyl sites for hydroxylation is 1. The van der Waals surface area contributed by atoms with Crippen LogP contribution in [0.15, 0.2) is 30.9 Å². The predicted molar refractivity (Wildman–Crippen MR) is 92.6 cm³/mol. The zero-order chi connectivity index (χ0) is 16.9. The summed E-state index contributed by atoms with van der Waals surface area (Å²) in [4.78, 5) is 15.1. The van der Waals surface area contributed by atoms with Gasteiger partial charge in [0.25, 0.3) is 0 Å². The number of pyridine rings is 1. The number of nitrogens with zero attached hydrogens (tertiary/aromatic N) is 4. The second kappa shape index (κ2) is 7.47. The van der Waals surface area contributed by atoms with Crippen molar-refractivity contribution in [3.8, 4) is 11.6 Å². The van der Waals surface area contributed by atoms with Gasteiger partial charge in [-0.3, -0.25) is 9.97 Å². The van der Waals surface area contributed by atoms with E-state index in [0.29, 0.717) is 5.88 Å². The van der Waals surface area contributed by atoms with Crippen molar-refractivity contribution in [2.45, 2.75) is 45.8 Å². The van der Waals surface area contributed by atoms with Crippen molar-refractivity contribution in [3.63, 3.8) is 0 Å². The SMILES string of the molecule is Cc1cnccc1OC1CCN(c2cncc(OC(C)C)n2)CC1. The molecule has 2 aromatic heterocycles. The van der Waals surface area contributed by atoms with Gasteiger partial charge in [-0.1, -0.05) is 0 Å². The van der Waals surface area contributed by atoms with E-state index < -0.39 is 0 Å². The number of hydrogen-bond acceptors (Lipinski definition) is 6. The Morgan fingerprint density at radius 2 is 1.92 bits per heavy atom. The lowest BCUT2D eigenvalue weighted by Gasteiger charge is -2.33. The molecule has 6 nitrogen and oxygen atoms in total. The largest absolute Gasteiger partial charge is 0.490 e. The Balaban J connectivity index is 1.58. The van der Waals surface area contributed by atoms with Crippen molar-refractivity contribution in [2.24, 2.45) is 0 Å². The van der Waals surface area contributed by atoms with Gasteiger partial charge >= 0.3 is 0 Å². The van der Waals surface area contributed by atoms with Crippen molar-refractivity contribution in [2.75, 3.05) is 18.0 Å². The van der Waals surface area contributed by atoms with Gasteiger partial charge in [0, 0.05) is 43.9 Å². The van der Waals surface area contributed by atoms with E-state index in [1.165, 1.54) is 0 Å². The summed E-state index contributed by atoms with van der Waals surface area (Å²) in [6, 6.07) is 1.93. The topological polar surface area (TPSA) is 60.4 Å². The molecule has 1 fully saturated rings. The number of ether oxygens (including phenoxy) is 2. The Kier molecular flexibility index (Phi) is 5.13. The summed E-state index contributed by atoms with van der Waals surface area (Å²) in [6.07, 6.45) is 9.29. The smallest absolute Gasteiger partial charge is 0.234 e. The molecule has 0 amide bonds. The highest BCUT2D eigenvalue weighted by atomic mass is 16.5. The molecule has 0 aromatic carbocycles. The summed E-state index contributed by atoms with van der Waals surface area (Å²) >= 11 is 0. The van der Waals surface area contributed by atoms with Crippen molar-refractivity contribution in [1.82, 2.24) is 15.0 Å². The molecule has 0 spiro atoms. The lowest BCUT2D eigenvalue weighted by Crippen LogP contribution is -2.38. The number of anilines is 1. The molecule has 2 aromatic rings. The Morgan fingerprint density at radius 1 is 1.12 bits per heavy atom. The second-order valence-corrected chi connectivity index (χ2v) is 6.33. The van der Waals surface area contributed by atoms with Crippen molar-refractivity contribution in [1.29, 1.82) is 0 Å². The molecule has 24 heavy (non-hydrogen) atoms. The van der Waals surface area contributed by atoms with Crippen LogP contribution in [0.1, 0.15) is 32.3 Å². The van der Waals surface area contributed by atoms with Gasteiger partial charge in [0.2, 0.25) is 5.88 Å². The molecular weight excluding hydrogens is 304 g/mol. The Morgan fingerprint density at radius 3 is 2.62 bits per heavy atom. The summed E-state index contributed by atoms with van der Waals surface area (Å²) in [6.45, 7) is 7.78. The molecule has 0 atom stereocenters. The van der Waals surface area contributed by atoms with E-state index in [1.54, 1.807) is 18.6 Å². The van der Waals surface area contributed by atoms with Crippen LogP contribution in [0.3, 0.4) is 0 Å². The molecule has 1 aliphatic rings. The van der Waals surface area contributed by atoms with Crippen LogP contribution < -0.4 is 14.4 Å². The van der Waals surface area contributed by atoms with Gasteiger partial charge in [-0.25, -0.2) is 0 Å². The third-order valence-electron chi connectivity index (χ3n) is 3.98. The van der Waals surface area contributed by atoms with E-state index in [1.807, 2.05) is 33.0 Å². The van der Waals surface area contributed by atoms with E-state index in [9.17, 15) is 0 Å². The summed E-state index contributed by atoms with van der Waals surface area (Å²) in [5, 5.41) is 0. The lowest BCUT2D eigenvalue weighted by atomic mass is 10.1. The number of hydrogen-bond donors (Lipinski definition) is 0. The minimum absolute atomic E-state index is 0.0947. The van der Waals surface area contributed by atoms with Gasteiger partial charge in [0.1, 0.15) is 11.9 Å². The third kappa shape index (κ3) is 4.13. The van der Waals surface area contributed by atoms with Crippen LogP contribution in [0.25, 0.3) is 0 Å². The van der Waals surface area contributed by atoms with Crippen LogP contribution in [0.2, 0.25) is 0 Å². The fourth-order valence-corrected chi connectivity index (χ4v) is 2.76. The van der Waals surface area contributed by atoms with Crippen LogP contribution in [0, 0.1) is 6.92 Å². The average molecular weight is 328 g/mol. The first kappa shape index (κ1) is 16.5. The first-order valence-corrected chi connectivity index (χ1v) is 8.42. The zero-order valence-corrected chi connectivity index (χ0v) is 14.5. The van der Waals surface area contributed by atoms with E-state index in [2.05, 4.69) is 19.9 Å². The molecule has 1 saturated heterocycles. The average Bonchev–Trinajstić information content (AvgIpc) is 2.57. The lowest BCUT2D eigenvalue weighted by molar-refractivity contribution is 0.169. The second-order valence-electron chi connectivity index (χ2n) is 6.33. The quantitative estimate of drug-likeness (QED) is 0.841. The monoisotopic (exact) mass is 328 g/mol. The van der Waals surface area contributed by atoms with Gasteiger partial charge in [0.15, 0.2) is 5.82 Å². The first-order valence-electron chi connectivity index (χ1n) is 8.42. The summed E-state index contributed by atoms with van der Waals surface area (Å²) in [7, 11) is 0. The molecule has 0 unspecified atom stereocenters. The molecule has 0 radical (unpaired) electrons. The summed E-state index contributed by atoms with van der Waals surface area (Å²) in [5.41, 5.74) is 1.07. The molecule has 0 bridgehead atoms. The Labute approximate surface area is 142 Å². The summed E-state index contributed by atoms with van der Waals surface area (Å²) < 4.78 is 11.7. The molecule has 3 rings (SSSR count). The van der Waals surface area contributed by atoms with E-state index >= 15 is 0 Å². The van der Waals surface area contributed by atoms with E-state index in [4.69, 9.17) is 9.47 Å². The van der Waals surface area contributed by atoms with Crippen LogP contribution in [-0.2, 0) is 0 Å². The number of aromatic nitrogens is 3. The van der Waals surface area contributed by atoms with Gasteiger partial charge in [0.05, 0.1) is 18.5 Å². The Hall–Kier alpha value is -2.37. The number of rotatable bonds is 5. The number of piperidine rings is 1. The minimum Gasteiger partial charge on any atom is -0.490 e. The zero-order valence-electron chi connectivity index (χ0n) is 14.5. The fraction of sp³-hybridized carbons (Fsp3) is 0.500. The highest BCUT2D eigenvalue weighted by Crippen LogP contribution is 2.24. The predicted octanol–water partition coefficient (Wildman–Crippen LogP) is 3.02. The van der Waals surface area contributed by atoms with Crippen molar-refractivity contribution < 1.29 is 9.47 Å². The van der Waals surface area contributed by atoms with E-state index in [0.717, 1.165) is 43.1 Å². The van der Waals surface area contributed by atoms with Gasteiger partial charge in [-0.15, -0.1) is 0 Å². The maximum absolute atomic E-state index is 6.12. The minimum atomic E-state index is 0.0947. The molecule has 1 aliphatic heterocycles. The fourth-order valence-electron chi connectivity index (χ4n) is 2.76. The van der Waals surface area contributed by atoms with Crippen LogP contribution in [0.4, 0.5) is 5.82 Å². The van der Waals surface area contributed by atoms with Crippen molar-refractivity contribution in [3.05, 3.63) is 36.4 Å². The standard InChI is InChI=1S/C18H24N4O2/c1-13(2)23-18-12-20-11-17(21-18)22-8-5-15(6-9-22)24-16-4-7-19-10-14(16)3/h4,7,10-13,15H,5-6,8-9H2,1-3H3. The van der Waals surface area contributed by atoms with Gasteiger partial charge < -0.3 is 14.4 Å². The normalized spacial score (nSPS) is 15.6. The van der Waals surface area contributed by atoms with Crippen LogP contribution >= 0.6 is 0 Å². The molecule has 0 saturated carbocycles. The van der Waals surface area contributed by atoms with Crippen LogP contribution in [-0.4, -0.2) is 40.2 Å². The van der Waals surface area contributed by atoms with Crippen LogP contribution in [0.5, 0.6) is 11.6 Å². The Bertz CT molecular complexity index is 670. The molecule has 0 aliphatic carbocycles. The molecule has 0 N–H and O–H groups in total. The molecule has 128 valence electrons. The van der Waals surface area contributed by atoms with Gasteiger partial charge in [-0.05, 0) is 26.8 Å². The molecular formula is C18H24N4O2. The maximum Gasteiger partial charge on any atom is 0.234 e. The first-order chi connectivity index (χ1) is 11.6. The maximum atomic E-state index is 6.12. The van der Waals surface area contributed by atoms with Gasteiger partial charge in [-0.2, -0.15) is 4.98 Å².